The van der Waals surface area contributed by atoms with E-state index in [1.165, 1.54) is 12.8 Å². The maximum atomic E-state index is 12.7. The molecular weight excluding hydrogens is 330 g/mol. The number of ether oxygens (including phenoxy) is 2. The lowest BCUT2D eigenvalue weighted by atomic mass is 10.0. The molecule has 136 valence electrons. The number of nitrogens with zero attached hydrogens (tertiary/aromatic N) is 1. The van der Waals surface area contributed by atoms with E-state index < -0.39 is 0 Å². The Kier molecular flexibility index (Phi) is 4.80. The minimum atomic E-state index is -0.107. The van der Waals surface area contributed by atoms with Crippen LogP contribution in [0.25, 0.3) is 0 Å². The van der Waals surface area contributed by atoms with Gasteiger partial charge >= 0.3 is 0 Å². The first-order valence-corrected chi connectivity index (χ1v) is 9.09. The number of hydrogen-bond donors (Lipinski definition) is 1. The second-order valence-corrected chi connectivity index (χ2v) is 6.97. The lowest BCUT2D eigenvalue weighted by Gasteiger charge is -2.38. The Bertz CT molecular complexity index is 760. The van der Waals surface area contributed by atoms with E-state index in [4.69, 9.17) is 9.47 Å². The number of morpholine rings is 1. The maximum absolute atomic E-state index is 12.7. The van der Waals surface area contributed by atoms with Crippen LogP contribution in [0.1, 0.15) is 24.5 Å². The number of carbonyl (C=O) groups is 1. The monoisotopic (exact) mass is 353 g/mol. The Balaban J connectivity index is 1.43. The molecule has 0 bridgehead atoms. The maximum Gasteiger partial charge on any atom is 0.260 e. The molecule has 2 aliphatic rings. The number of phenolic OH excluding ortho intramolecular Hbond substituents is 1. The van der Waals surface area contributed by atoms with E-state index in [0.717, 1.165) is 5.56 Å². The molecule has 1 aliphatic carbocycles. The molecule has 0 radical (unpaired) electrons. The first-order valence-electron chi connectivity index (χ1n) is 9.09. The average molecular weight is 353 g/mol. The van der Waals surface area contributed by atoms with Crippen molar-refractivity contribution in [2.75, 3.05) is 19.7 Å². The van der Waals surface area contributed by atoms with E-state index in [1.807, 2.05) is 35.2 Å². The fourth-order valence-corrected chi connectivity index (χ4v) is 3.38. The molecule has 1 saturated heterocycles. The van der Waals surface area contributed by atoms with Gasteiger partial charge in [0.1, 0.15) is 6.10 Å². The summed E-state index contributed by atoms with van der Waals surface area (Å²) in [5.74, 6) is 0.840. The van der Waals surface area contributed by atoms with E-state index in [1.54, 1.807) is 24.3 Å². The lowest BCUT2D eigenvalue weighted by molar-refractivity contribution is -0.150. The van der Waals surface area contributed by atoms with Gasteiger partial charge in [-0.3, -0.25) is 4.79 Å². The summed E-state index contributed by atoms with van der Waals surface area (Å²) < 4.78 is 11.8. The largest absolute Gasteiger partial charge is 0.504 e. The van der Waals surface area contributed by atoms with E-state index in [-0.39, 0.29) is 30.5 Å². The summed E-state index contributed by atoms with van der Waals surface area (Å²) in [5.41, 5.74) is 1.09. The molecule has 4 rings (SSSR count). The molecule has 1 amide bonds. The molecule has 0 aromatic heterocycles. The molecule has 2 fully saturated rings. The van der Waals surface area contributed by atoms with Gasteiger partial charge in [-0.05, 0) is 36.5 Å². The summed E-state index contributed by atoms with van der Waals surface area (Å²) in [6.07, 6.45) is 2.32. The van der Waals surface area contributed by atoms with Gasteiger partial charge in [0.25, 0.3) is 5.91 Å². The van der Waals surface area contributed by atoms with E-state index in [2.05, 4.69) is 0 Å². The van der Waals surface area contributed by atoms with E-state index >= 15 is 0 Å². The van der Waals surface area contributed by atoms with Gasteiger partial charge in [-0.15, -0.1) is 0 Å². The summed E-state index contributed by atoms with van der Waals surface area (Å²) in [7, 11) is 0. The summed E-state index contributed by atoms with van der Waals surface area (Å²) in [6, 6.07) is 16.7. The minimum absolute atomic E-state index is 0.0419. The number of amides is 1. The van der Waals surface area contributed by atoms with Crippen molar-refractivity contribution in [1.82, 2.24) is 4.90 Å². The number of hydrogen-bond acceptors (Lipinski definition) is 4. The van der Waals surface area contributed by atoms with Crippen molar-refractivity contribution < 1.29 is 19.4 Å². The third-order valence-electron chi connectivity index (χ3n) is 5.01. The Morgan fingerprint density at radius 1 is 1.08 bits per heavy atom. The topological polar surface area (TPSA) is 59.0 Å². The van der Waals surface area contributed by atoms with Gasteiger partial charge in [-0.2, -0.15) is 0 Å². The molecule has 0 spiro atoms. The van der Waals surface area contributed by atoms with Crippen LogP contribution in [0.5, 0.6) is 11.5 Å². The van der Waals surface area contributed by atoms with Crippen molar-refractivity contribution in [1.29, 1.82) is 0 Å². The van der Waals surface area contributed by atoms with E-state index in [0.29, 0.717) is 24.8 Å². The van der Waals surface area contributed by atoms with Crippen molar-refractivity contribution in [3.05, 3.63) is 60.2 Å². The SMILES string of the molecule is O=C(COc1ccccc1O)N1C[C@@H](c2ccccc2)O[C@@H](C2CC2)C1. The van der Waals surface area contributed by atoms with Gasteiger partial charge in [0.2, 0.25) is 0 Å². The van der Waals surface area contributed by atoms with Crippen LogP contribution >= 0.6 is 0 Å². The lowest BCUT2D eigenvalue weighted by Crippen LogP contribution is -2.49. The zero-order valence-corrected chi connectivity index (χ0v) is 14.6. The summed E-state index contributed by atoms with van der Waals surface area (Å²) in [6.45, 7) is 1.05. The molecule has 5 nitrogen and oxygen atoms in total. The highest BCUT2D eigenvalue weighted by Crippen LogP contribution is 2.39. The van der Waals surface area contributed by atoms with Crippen LogP contribution in [0.2, 0.25) is 0 Å². The smallest absolute Gasteiger partial charge is 0.260 e. The van der Waals surface area contributed by atoms with Gasteiger partial charge in [0.15, 0.2) is 18.1 Å². The van der Waals surface area contributed by atoms with Crippen LogP contribution < -0.4 is 4.74 Å². The molecule has 2 aromatic carbocycles. The summed E-state index contributed by atoms with van der Waals surface area (Å²) in [4.78, 5) is 14.5. The number of para-hydroxylation sites is 2. The molecule has 1 heterocycles. The van der Waals surface area contributed by atoms with Crippen LogP contribution in [0, 0.1) is 5.92 Å². The molecule has 26 heavy (non-hydrogen) atoms. The first-order chi connectivity index (χ1) is 12.7. The second-order valence-electron chi connectivity index (χ2n) is 6.97. The van der Waals surface area contributed by atoms with E-state index in [9.17, 15) is 9.90 Å². The van der Waals surface area contributed by atoms with Gasteiger partial charge in [-0.25, -0.2) is 0 Å². The normalized spacial score (nSPS) is 22.8. The molecule has 1 saturated carbocycles. The molecule has 1 N–H and O–H groups in total. The fraction of sp³-hybridized carbons (Fsp3) is 0.381. The van der Waals surface area contributed by atoms with Crippen molar-refractivity contribution in [3.8, 4) is 11.5 Å². The Morgan fingerprint density at radius 3 is 2.54 bits per heavy atom. The summed E-state index contributed by atoms with van der Waals surface area (Å²) >= 11 is 0. The van der Waals surface area contributed by atoms with Gasteiger partial charge in [0.05, 0.1) is 12.6 Å². The fourth-order valence-electron chi connectivity index (χ4n) is 3.38. The zero-order chi connectivity index (χ0) is 17.9. The second kappa shape index (κ2) is 7.38. The van der Waals surface area contributed by atoms with Crippen molar-refractivity contribution in [2.24, 2.45) is 5.92 Å². The predicted molar refractivity (Wildman–Crippen MR) is 97.0 cm³/mol. The Labute approximate surface area is 153 Å². The summed E-state index contributed by atoms with van der Waals surface area (Å²) in [5, 5.41) is 9.78. The number of rotatable bonds is 5. The number of benzene rings is 2. The third-order valence-corrected chi connectivity index (χ3v) is 5.01. The average Bonchev–Trinajstić information content (AvgIpc) is 3.53. The quantitative estimate of drug-likeness (QED) is 0.897. The van der Waals surface area contributed by atoms with Crippen LogP contribution in [-0.2, 0) is 9.53 Å². The third kappa shape index (κ3) is 3.83. The van der Waals surface area contributed by atoms with Gasteiger partial charge < -0.3 is 19.5 Å². The number of phenols is 1. The molecule has 0 unspecified atom stereocenters. The van der Waals surface area contributed by atoms with Gasteiger partial charge in [-0.1, -0.05) is 42.5 Å². The molecule has 2 atom stereocenters. The van der Waals surface area contributed by atoms with Crippen molar-refractivity contribution in [3.63, 3.8) is 0 Å². The molecular formula is C21H23NO4. The number of aromatic hydroxyl groups is 1. The van der Waals surface area contributed by atoms with Crippen molar-refractivity contribution >= 4 is 5.91 Å². The highest BCUT2D eigenvalue weighted by molar-refractivity contribution is 5.78. The Morgan fingerprint density at radius 2 is 1.81 bits per heavy atom. The molecule has 2 aromatic rings. The minimum Gasteiger partial charge on any atom is -0.504 e. The molecule has 1 aliphatic heterocycles. The van der Waals surface area contributed by atoms with Crippen molar-refractivity contribution in [2.45, 2.75) is 25.0 Å². The zero-order valence-electron chi connectivity index (χ0n) is 14.6. The van der Waals surface area contributed by atoms with Crippen LogP contribution in [0.4, 0.5) is 0 Å². The van der Waals surface area contributed by atoms with Crippen LogP contribution in [0.15, 0.2) is 54.6 Å². The highest BCUT2D eigenvalue weighted by atomic mass is 16.5. The van der Waals surface area contributed by atoms with Crippen LogP contribution in [0.3, 0.4) is 0 Å². The molecule has 5 heteroatoms. The highest BCUT2D eigenvalue weighted by Gasteiger charge is 2.40. The predicted octanol–water partition coefficient (Wildman–Crippen LogP) is 3.15. The first kappa shape index (κ1) is 16.9. The standard InChI is InChI=1S/C21H23NO4/c23-17-8-4-5-9-18(17)25-14-21(24)22-12-19(15-6-2-1-3-7-15)26-20(13-22)16-10-11-16/h1-9,16,19-20,23H,10-14H2/t19-,20+/m0/s1. The number of carbonyl (C=O) groups excluding carboxylic acids is 1. The van der Waals surface area contributed by atoms with Crippen LogP contribution in [-0.4, -0.2) is 41.7 Å². The van der Waals surface area contributed by atoms with Gasteiger partial charge in [0, 0.05) is 6.54 Å². The Hall–Kier alpha value is -2.53.